The predicted molar refractivity (Wildman–Crippen MR) is 121 cm³/mol. The summed E-state index contributed by atoms with van der Waals surface area (Å²) in [5.74, 6) is 1.36. The largest absolute Gasteiger partial charge is 0.497 e. The maximum Gasteiger partial charge on any atom is 0.417 e. The zero-order chi connectivity index (χ0) is 22.0. The number of benzene rings is 2. The number of aromatic nitrogens is 3. The standard InChI is InChI=1S/C22H24N6O3/c1-12-11-24-21(26-16-7-14(13(2)23-3)8-17(9-16)30-4)28-20(12)25-15-5-6-19-18(10-15)27-22(29)31-19/h5-11,13,23H,1-4H3,(H,27,29)(H2,24,25,26,28). The molecule has 160 valence electrons. The Bertz CT molecular complexity index is 1280. The highest BCUT2D eigenvalue weighted by Gasteiger charge is 2.10. The van der Waals surface area contributed by atoms with Crippen LogP contribution in [0.15, 0.2) is 51.8 Å². The average Bonchev–Trinajstić information content (AvgIpc) is 3.14. The number of hydrogen-bond donors (Lipinski definition) is 4. The fraction of sp³-hybridized carbons (Fsp3) is 0.227. The van der Waals surface area contributed by atoms with E-state index < -0.39 is 5.76 Å². The highest BCUT2D eigenvalue weighted by Crippen LogP contribution is 2.27. The van der Waals surface area contributed by atoms with Gasteiger partial charge in [0.25, 0.3) is 0 Å². The van der Waals surface area contributed by atoms with Gasteiger partial charge in [-0.15, -0.1) is 0 Å². The number of fused-ring (bicyclic) bond motifs is 1. The molecule has 0 aliphatic rings. The summed E-state index contributed by atoms with van der Waals surface area (Å²) < 4.78 is 10.5. The van der Waals surface area contributed by atoms with Crippen LogP contribution in [-0.4, -0.2) is 29.1 Å². The molecule has 0 bridgehead atoms. The number of H-pyrrole nitrogens is 1. The van der Waals surface area contributed by atoms with Crippen molar-refractivity contribution in [1.29, 1.82) is 0 Å². The smallest absolute Gasteiger partial charge is 0.417 e. The van der Waals surface area contributed by atoms with Gasteiger partial charge in [0.15, 0.2) is 5.58 Å². The molecular weight excluding hydrogens is 396 g/mol. The molecule has 31 heavy (non-hydrogen) atoms. The monoisotopic (exact) mass is 420 g/mol. The van der Waals surface area contributed by atoms with Crippen molar-refractivity contribution in [2.75, 3.05) is 24.8 Å². The highest BCUT2D eigenvalue weighted by molar-refractivity contribution is 5.78. The molecule has 2 aromatic carbocycles. The van der Waals surface area contributed by atoms with Crippen molar-refractivity contribution in [1.82, 2.24) is 20.3 Å². The van der Waals surface area contributed by atoms with Crippen LogP contribution in [0.1, 0.15) is 24.1 Å². The molecule has 0 fully saturated rings. The summed E-state index contributed by atoms with van der Waals surface area (Å²) in [7, 11) is 3.55. The van der Waals surface area contributed by atoms with Gasteiger partial charge in [-0.1, -0.05) is 0 Å². The number of nitrogens with one attached hydrogen (secondary N) is 4. The van der Waals surface area contributed by atoms with Crippen LogP contribution < -0.4 is 26.4 Å². The lowest BCUT2D eigenvalue weighted by Gasteiger charge is -2.15. The first kappa shape index (κ1) is 20.4. The number of oxazole rings is 1. The minimum Gasteiger partial charge on any atom is -0.497 e. The quantitative estimate of drug-likeness (QED) is 0.354. The van der Waals surface area contributed by atoms with Crippen LogP contribution in [0.5, 0.6) is 5.75 Å². The third-order valence-electron chi connectivity index (χ3n) is 5.01. The Labute approximate surface area is 178 Å². The average molecular weight is 420 g/mol. The topological polar surface area (TPSA) is 117 Å². The van der Waals surface area contributed by atoms with Crippen LogP contribution in [0, 0.1) is 6.92 Å². The van der Waals surface area contributed by atoms with E-state index in [2.05, 4.69) is 37.8 Å². The molecule has 0 amide bonds. The SMILES string of the molecule is CNC(C)c1cc(Nc2ncc(C)c(Nc3ccc4oc(=O)[nH]c4c3)n2)cc(OC)c1. The second-order valence-electron chi connectivity index (χ2n) is 7.21. The molecule has 0 aliphatic heterocycles. The molecule has 0 radical (unpaired) electrons. The Kier molecular flexibility index (Phi) is 5.59. The molecule has 2 aromatic heterocycles. The molecule has 9 heteroatoms. The van der Waals surface area contributed by atoms with Crippen molar-refractivity contribution in [3.8, 4) is 5.75 Å². The van der Waals surface area contributed by atoms with Gasteiger partial charge in [-0.3, -0.25) is 4.98 Å². The number of aryl methyl sites for hydroxylation is 1. The van der Waals surface area contributed by atoms with E-state index in [1.54, 1.807) is 25.4 Å². The summed E-state index contributed by atoms with van der Waals surface area (Å²) in [6.45, 7) is 4.00. The van der Waals surface area contributed by atoms with E-state index in [9.17, 15) is 4.79 Å². The first-order valence-electron chi connectivity index (χ1n) is 9.82. The van der Waals surface area contributed by atoms with E-state index in [-0.39, 0.29) is 6.04 Å². The fourth-order valence-electron chi connectivity index (χ4n) is 3.15. The van der Waals surface area contributed by atoms with Crippen molar-refractivity contribution < 1.29 is 9.15 Å². The van der Waals surface area contributed by atoms with Crippen molar-refractivity contribution in [3.63, 3.8) is 0 Å². The number of hydrogen-bond acceptors (Lipinski definition) is 8. The lowest BCUT2D eigenvalue weighted by atomic mass is 10.1. The molecule has 1 unspecified atom stereocenters. The first-order chi connectivity index (χ1) is 14.9. The van der Waals surface area contributed by atoms with E-state index in [4.69, 9.17) is 9.15 Å². The van der Waals surface area contributed by atoms with E-state index in [1.807, 2.05) is 38.2 Å². The van der Waals surface area contributed by atoms with Gasteiger partial charge in [0, 0.05) is 35.2 Å². The Balaban J connectivity index is 1.61. The predicted octanol–water partition coefficient (Wildman–Crippen LogP) is 4.00. The second kappa shape index (κ2) is 8.49. The minimum absolute atomic E-state index is 0.163. The number of ether oxygens (including phenoxy) is 1. The molecule has 4 N–H and O–H groups in total. The normalized spacial score (nSPS) is 12.0. The number of rotatable bonds is 7. The van der Waals surface area contributed by atoms with Crippen LogP contribution in [-0.2, 0) is 0 Å². The summed E-state index contributed by atoms with van der Waals surface area (Å²) in [6, 6.07) is 11.4. The molecule has 4 aromatic rings. The summed E-state index contributed by atoms with van der Waals surface area (Å²) in [6.07, 6.45) is 1.74. The first-order valence-corrected chi connectivity index (χ1v) is 9.82. The Morgan fingerprint density at radius 2 is 1.97 bits per heavy atom. The molecule has 2 heterocycles. The molecule has 0 aliphatic carbocycles. The van der Waals surface area contributed by atoms with Gasteiger partial charge in [-0.05, 0) is 56.8 Å². The molecule has 1 atom stereocenters. The highest BCUT2D eigenvalue weighted by atomic mass is 16.5. The maximum atomic E-state index is 11.4. The van der Waals surface area contributed by atoms with Gasteiger partial charge < -0.3 is 25.1 Å². The second-order valence-corrected chi connectivity index (χ2v) is 7.21. The summed E-state index contributed by atoms with van der Waals surface area (Å²) in [4.78, 5) is 23.0. The zero-order valence-electron chi connectivity index (χ0n) is 17.7. The van der Waals surface area contributed by atoms with E-state index in [1.165, 1.54) is 0 Å². The molecule has 9 nitrogen and oxygen atoms in total. The minimum atomic E-state index is -0.484. The number of aromatic amines is 1. The third kappa shape index (κ3) is 4.51. The van der Waals surface area contributed by atoms with Crippen molar-refractivity contribution >= 4 is 34.2 Å². The van der Waals surface area contributed by atoms with Crippen LogP contribution in [0.3, 0.4) is 0 Å². The molecular formula is C22H24N6O3. The van der Waals surface area contributed by atoms with Crippen LogP contribution in [0.4, 0.5) is 23.1 Å². The van der Waals surface area contributed by atoms with Crippen LogP contribution >= 0.6 is 0 Å². The third-order valence-corrected chi connectivity index (χ3v) is 5.01. The molecule has 0 saturated heterocycles. The maximum absolute atomic E-state index is 11.4. The fourth-order valence-corrected chi connectivity index (χ4v) is 3.15. The Hall–Kier alpha value is -3.85. The van der Waals surface area contributed by atoms with Crippen LogP contribution in [0.2, 0.25) is 0 Å². The molecule has 4 rings (SSSR count). The Morgan fingerprint density at radius 3 is 2.74 bits per heavy atom. The lowest BCUT2D eigenvalue weighted by molar-refractivity contribution is 0.414. The Morgan fingerprint density at radius 1 is 1.13 bits per heavy atom. The summed E-state index contributed by atoms with van der Waals surface area (Å²) in [5, 5.41) is 9.75. The van der Waals surface area contributed by atoms with Gasteiger partial charge in [0.05, 0.1) is 12.6 Å². The van der Waals surface area contributed by atoms with E-state index in [0.29, 0.717) is 22.9 Å². The van der Waals surface area contributed by atoms with E-state index in [0.717, 1.165) is 28.3 Å². The summed E-state index contributed by atoms with van der Waals surface area (Å²) in [5.41, 5.74) is 4.66. The lowest BCUT2D eigenvalue weighted by Crippen LogP contribution is -2.12. The number of anilines is 4. The number of methoxy groups -OCH3 is 1. The summed E-state index contributed by atoms with van der Waals surface area (Å²) >= 11 is 0. The molecule has 0 spiro atoms. The van der Waals surface area contributed by atoms with Gasteiger partial charge in [-0.2, -0.15) is 4.98 Å². The zero-order valence-corrected chi connectivity index (χ0v) is 17.7. The van der Waals surface area contributed by atoms with Crippen LogP contribution in [0.25, 0.3) is 11.1 Å². The van der Waals surface area contributed by atoms with Gasteiger partial charge in [0.1, 0.15) is 11.6 Å². The van der Waals surface area contributed by atoms with Crippen molar-refractivity contribution in [2.45, 2.75) is 19.9 Å². The van der Waals surface area contributed by atoms with Gasteiger partial charge >= 0.3 is 5.76 Å². The molecule has 0 saturated carbocycles. The van der Waals surface area contributed by atoms with E-state index >= 15 is 0 Å². The van der Waals surface area contributed by atoms with Crippen molar-refractivity contribution in [3.05, 3.63) is 64.3 Å². The van der Waals surface area contributed by atoms with Gasteiger partial charge in [0.2, 0.25) is 5.95 Å². The van der Waals surface area contributed by atoms with Gasteiger partial charge in [-0.25, -0.2) is 9.78 Å². The van der Waals surface area contributed by atoms with Crippen molar-refractivity contribution in [2.24, 2.45) is 0 Å². The number of nitrogens with zero attached hydrogens (tertiary/aromatic N) is 2.